The smallest absolute Gasteiger partial charge is 0.256 e. The Hall–Kier alpha value is -2.12. The van der Waals surface area contributed by atoms with Gasteiger partial charge in [-0.15, -0.1) is 4.40 Å². The van der Waals surface area contributed by atoms with Crippen molar-refractivity contribution >= 4 is 33.4 Å². The molecule has 1 aromatic carbocycles. The molecule has 0 aromatic heterocycles. The van der Waals surface area contributed by atoms with Crippen LogP contribution in [0.2, 0.25) is 5.02 Å². The van der Waals surface area contributed by atoms with Crippen LogP contribution in [0.25, 0.3) is 0 Å². The molecule has 2 aliphatic rings. The van der Waals surface area contributed by atoms with Crippen LogP contribution in [0.4, 0.5) is 0 Å². The molecule has 0 bridgehead atoms. The highest BCUT2D eigenvalue weighted by molar-refractivity contribution is 7.90. The second-order valence-electron chi connectivity index (χ2n) is 5.60. The molecule has 0 saturated heterocycles. The standard InChI is InChI=1S/C16H16ClN3O3S/c1-19(10-12-4-2-3-5-14(12)17)16(21)13-6-7-15-18-24(22,23)9-8-20(15)11-13/h2-7,11H,8-10H2,1H3. The van der Waals surface area contributed by atoms with Gasteiger partial charge in [0.15, 0.2) is 0 Å². The zero-order chi connectivity index (χ0) is 17.3. The summed E-state index contributed by atoms with van der Waals surface area (Å²) < 4.78 is 26.7. The molecule has 1 amide bonds. The molecule has 2 heterocycles. The number of carbonyl (C=O) groups is 1. The maximum atomic E-state index is 12.6. The lowest BCUT2D eigenvalue weighted by atomic mass is 10.1. The van der Waals surface area contributed by atoms with Gasteiger partial charge in [0.05, 0.1) is 11.3 Å². The fraction of sp³-hybridized carbons (Fsp3) is 0.250. The Kier molecular flexibility index (Phi) is 4.47. The molecule has 0 atom stereocenters. The van der Waals surface area contributed by atoms with E-state index in [9.17, 15) is 13.2 Å². The first-order valence-electron chi connectivity index (χ1n) is 7.34. The zero-order valence-corrected chi connectivity index (χ0v) is 14.6. The first kappa shape index (κ1) is 16.7. The van der Waals surface area contributed by atoms with E-state index in [1.54, 1.807) is 41.3 Å². The number of hydrogen-bond acceptors (Lipinski definition) is 4. The van der Waals surface area contributed by atoms with Gasteiger partial charge in [0.25, 0.3) is 15.9 Å². The maximum absolute atomic E-state index is 12.6. The van der Waals surface area contributed by atoms with Gasteiger partial charge >= 0.3 is 0 Å². The Morgan fingerprint density at radius 3 is 2.83 bits per heavy atom. The van der Waals surface area contributed by atoms with Gasteiger partial charge < -0.3 is 9.80 Å². The molecule has 0 saturated carbocycles. The SMILES string of the molecule is CN(Cc1ccccc1Cl)C(=O)C1=CN2CCS(=O)(=O)N=C2C=C1. The van der Waals surface area contributed by atoms with Crippen LogP contribution in [-0.4, -0.2) is 49.3 Å². The normalized spacial score (nSPS) is 18.5. The molecule has 1 aromatic rings. The summed E-state index contributed by atoms with van der Waals surface area (Å²) in [6.07, 6.45) is 4.77. The number of amides is 1. The maximum Gasteiger partial charge on any atom is 0.256 e. The molecule has 0 N–H and O–H groups in total. The molecule has 0 aliphatic carbocycles. The highest BCUT2D eigenvalue weighted by Gasteiger charge is 2.26. The first-order valence-corrected chi connectivity index (χ1v) is 9.32. The number of nitrogens with zero attached hydrogens (tertiary/aromatic N) is 3. The molecule has 0 unspecified atom stereocenters. The van der Waals surface area contributed by atoms with Gasteiger partial charge in [0, 0.05) is 31.4 Å². The lowest BCUT2D eigenvalue weighted by molar-refractivity contribution is -0.126. The summed E-state index contributed by atoms with van der Waals surface area (Å²) in [5.41, 5.74) is 1.34. The fourth-order valence-corrected chi connectivity index (χ4v) is 3.67. The molecule has 0 fully saturated rings. The summed E-state index contributed by atoms with van der Waals surface area (Å²) in [5, 5.41) is 0.612. The number of benzene rings is 1. The van der Waals surface area contributed by atoms with E-state index in [1.165, 1.54) is 0 Å². The summed E-state index contributed by atoms with van der Waals surface area (Å²) >= 11 is 6.13. The number of sulfonamides is 1. The van der Waals surface area contributed by atoms with Crippen LogP contribution < -0.4 is 0 Å². The quantitative estimate of drug-likeness (QED) is 0.819. The average molecular weight is 366 g/mol. The number of carbonyl (C=O) groups excluding carboxylic acids is 1. The third-order valence-electron chi connectivity index (χ3n) is 3.78. The lowest BCUT2D eigenvalue weighted by Gasteiger charge is -2.28. The van der Waals surface area contributed by atoms with Crippen molar-refractivity contribution in [2.24, 2.45) is 4.40 Å². The van der Waals surface area contributed by atoms with Gasteiger partial charge in [-0.05, 0) is 23.8 Å². The van der Waals surface area contributed by atoms with Crippen molar-refractivity contribution in [1.82, 2.24) is 9.80 Å². The molecule has 6 nitrogen and oxygen atoms in total. The number of rotatable bonds is 3. The summed E-state index contributed by atoms with van der Waals surface area (Å²) in [5.74, 6) is 0.114. The Labute approximate surface area is 145 Å². The van der Waals surface area contributed by atoms with Crippen LogP contribution in [0.1, 0.15) is 5.56 Å². The highest BCUT2D eigenvalue weighted by Crippen LogP contribution is 2.20. The largest absolute Gasteiger partial charge is 0.337 e. The minimum atomic E-state index is -3.40. The number of fused-ring (bicyclic) bond motifs is 1. The third-order valence-corrected chi connectivity index (χ3v) is 5.32. The van der Waals surface area contributed by atoms with Gasteiger partial charge in [-0.25, -0.2) is 8.42 Å². The van der Waals surface area contributed by atoms with Crippen molar-refractivity contribution in [3.05, 3.63) is 58.8 Å². The molecule has 126 valence electrons. The van der Waals surface area contributed by atoms with Crippen LogP contribution in [0, 0.1) is 0 Å². The van der Waals surface area contributed by atoms with E-state index in [0.29, 0.717) is 23.0 Å². The average Bonchev–Trinajstić information content (AvgIpc) is 2.55. The monoisotopic (exact) mass is 365 g/mol. The minimum absolute atomic E-state index is 0.0578. The van der Waals surface area contributed by atoms with Crippen molar-refractivity contribution in [2.75, 3.05) is 19.3 Å². The van der Waals surface area contributed by atoms with E-state index in [2.05, 4.69) is 4.40 Å². The predicted molar refractivity (Wildman–Crippen MR) is 93.1 cm³/mol. The van der Waals surface area contributed by atoms with Crippen molar-refractivity contribution in [3.8, 4) is 0 Å². The molecule has 24 heavy (non-hydrogen) atoms. The van der Waals surface area contributed by atoms with Gasteiger partial charge in [-0.2, -0.15) is 0 Å². The van der Waals surface area contributed by atoms with E-state index in [1.807, 2.05) is 18.2 Å². The van der Waals surface area contributed by atoms with Crippen molar-refractivity contribution < 1.29 is 13.2 Å². The van der Waals surface area contributed by atoms with E-state index in [-0.39, 0.29) is 18.2 Å². The van der Waals surface area contributed by atoms with Gasteiger partial charge in [0.1, 0.15) is 5.84 Å². The number of likely N-dealkylation sites (N-methyl/N-ethyl adjacent to an activating group) is 1. The Morgan fingerprint density at radius 2 is 2.08 bits per heavy atom. The zero-order valence-electron chi connectivity index (χ0n) is 13.0. The molecular weight excluding hydrogens is 350 g/mol. The topological polar surface area (TPSA) is 70.1 Å². The van der Waals surface area contributed by atoms with Crippen molar-refractivity contribution in [1.29, 1.82) is 0 Å². The number of halogens is 1. The molecule has 2 aliphatic heterocycles. The summed E-state index contributed by atoms with van der Waals surface area (Å²) in [7, 11) is -1.70. The predicted octanol–water partition coefficient (Wildman–Crippen LogP) is 1.80. The van der Waals surface area contributed by atoms with Gasteiger partial charge in [0.2, 0.25) is 0 Å². The first-order chi connectivity index (χ1) is 11.4. The molecule has 8 heteroatoms. The summed E-state index contributed by atoms with van der Waals surface area (Å²) in [6, 6.07) is 7.37. The van der Waals surface area contributed by atoms with Crippen LogP contribution >= 0.6 is 11.6 Å². The highest BCUT2D eigenvalue weighted by atomic mass is 35.5. The lowest BCUT2D eigenvalue weighted by Crippen LogP contribution is -2.38. The van der Waals surface area contributed by atoms with E-state index in [4.69, 9.17) is 11.6 Å². The molecular formula is C16H16ClN3O3S. The van der Waals surface area contributed by atoms with E-state index < -0.39 is 10.0 Å². The van der Waals surface area contributed by atoms with Gasteiger partial charge in [-0.1, -0.05) is 29.8 Å². The second-order valence-corrected chi connectivity index (χ2v) is 7.76. The number of amidine groups is 1. The van der Waals surface area contributed by atoms with Crippen LogP contribution in [0.5, 0.6) is 0 Å². The number of hydrogen-bond donors (Lipinski definition) is 0. The van der Waals surface area contributed by atoms with Crippen LogP contribution in [-0.2, 0) is 21.4 Å². The van der Waals surface area contributed by atoms with E-state index in [0.717, 1.165) is 5.56 Å². The van der Waals surface area contributed by atoms with Crippen LogP contribution in [0.15, 0.2) is 52.6 Å². The van der Waals surface area contributed by atoms with Gasteiger partial charge in [-0.3, -0.25) is 4.79 Å². The second kappa shape index (κ2) is 6.41. The minimum Gasteiger partial charge on any atom is -0.337 e. The fourth-order valence-electron chi connectivity index (χ4n) is 2.50. The van der Waals surface area contributed by atoms with Crippen LogP contribution in [0.3, 0.4) is 0 Å². The Balaban J connectivity index is 1.76. The Morgan fingerprint density at radius 1 is 1.33 bits per heavy atom. The third kappa shape index (κ3) is 3.52. The molecule has 0 spiro atoms. The molecule has 3 rings (SSSR count). The summed E-state index contributed by atoms with van der Waals surface area (Å²) in [4.78, 5) is 15.8. The van der Waals surface area contributed by atoms with Crippen molar-refractivity contribution in [3.63, 3.8) is 0 Å². The Bertz CT molecular complexity index is 874. The molecule has 0 radical (unpaired) electrons. The van der Waals surface area contributed by atoms with Crippen molar-refractivity contribution in [2.45, 2.75) is 6.54 Å². The van der Waals surface area contributed by atoms with E-state index >= 15 is 0 Å². The summed E-state index contributed by atoms with van der Waals surface area (Å²) in [6.45, 7) is 0.676.